The highest BCUT2D eigenvalue weighted by Gasteiger charge is 2.53. The molecule has 4 N–H and O–H groups in total. The Kier molecular flexibility index (Phi) is 3.10. The molecule has 0 aromatic heterocycles. The van der Waals surface area contributed by atoms with E-state index in [1.165, 1.54) is 6.92 Å². The van der Waals surface area contributed by atoms with Gasteiger partial charge in [-0.05, 0) is 0 Å². The standard InChI is InChI=1S/C9H14O8/c1-9(8(13)14)15-2-3-6(17-9)4(10)5(11)7(12)16-3/h3-7,10-12H,2H2,1H3,(H,13,14). The number of aliphatic carboxylic acids is 1. The van der Waals surface area contributed by atoms with Gasteiger partial charge in [-0.15, -0.1) is 0 Å². The lowest BCUT2D eigenvalue weighted by Gasteiger charge is -2.47. The third-order valence-corrected chi connectivity index (χ3v) is 2.93. The zero-order valence-corrected chi connectivity index (χ0v) is 9.02. The van der Waals surface area contributed by atoms with Gasteiger partial charge >= 0.3 is 5.97 Å². The lowest BCUT2D eigenvalue weighted by Crippen LogP contribution is -2.66. The van der Waals surface area contributed by atoms with E-state index in [1.807, 2.05) is 0 Å². The van der Waals surface area contributed by atoms with Gasteiger partial charge in [0.25, 0.3) is 5.79 Å². The fourth-order valence-electron chi connectivity index (χ4n) is 1.85. The highest BCUT2D eigenvalue weighted by molar-refractivity contribution is 5.75. The molecule has 0 saturated carbocycles. The van der Waals surface area contributed by atoms with E-state index in [9.17, 15) is 20.1 Å². The van der Waals surface area contributed by atoms with Crippen molar-refractivity contribution >= 4 is 5.97 Å². The molecule has 0 spiro atoms. The van der Waals surface area contributed by atoms with Gasteiger partial charge in [0.15, 0.2) is 6.29 Å². The first-order valence-electron chi connectivity index (χ1n) is 5.10. The number of fused-ring (bicyclic) bond motifs is 1. The summed E-state index contributed by atoms with van der Waals surface area (Å²) in [7, 11) is 0. The molecule has 17 heavy (non-hydrogen) atoms. The van der Waals surface area contributed by atoms with Crippen molar-refractivity contribution < 1.29 is 39.4 Å². The highest BCUT2D eigenvalue weighted by atomic mass is 16.8. The quantitative estimate of drug-likeness (QED) is 0.407. The van der Waals surface area contributed by atoms with Crippen LogP contribution < -0.4 is 0 Å². The average molecular weight is 250 g/mol. The first kappa shape index (κ1) is 12.7. The van der Waals surface area contributed by atoms with E-state index in [4.69, 9.17) is 19.3 Å². The minimum atomic E-state index is -1.90. The number of aliphatic hydroxyl groups is 3. The maximum Gasteiger partial charge on any atom is 0.364 e. The fraction of sp³-hybridized carbons (Fsp3) is 0.889. The second-order valence-electron chi connectivity index (χ2n) is 4.19. The third kappa shape index (κ3) is 2.03. The van der Waals surface area contributed by atoms with Gasteiger partial charge in [0.1, 0.15) is 24.4 Å². The molecule has 2 aliphatic heterocycles. The van der Waals surface area contributed by atoms with Gasteiger partial charge in [-0.1, -0.05) is 0 Å². The van der Waals surface area contributed by atoms with E-state index in [0.717, 1.165) is 0 Å². The van der Waals surface area contributed by atoms with Crippen LogP contribution in [0.2, 0.25) is 0 Å². The van der Waals surface area contributed by atoms with Crippen LogP contribution >= 0.6 is 0 Å². The van der Waals surface area contributed by atoms with Gasteiger partial charge in [0, 0.05) is 6.92 Å². The number of carboxylic acid groups (broad SMARTS) is 1. The molecule has 2 aliphatic rings. The van der Waals surface area contributed by atoms with Crippen molar-refractivity contribution in [1.29, 1.82) is 0 Å². The monoisotopic (exact) mass is 250 g/mol. The molecule has 2 heterocycles. The molecule has 0 aromatic rings. The number of carbonyl (C=O) groups is 1. The predicted molar refractivity (Wildman–Crippen MR) is 49.8 cm³/mol. The molecule has 6 unspecified atom stereocenters. The van der Waals surface area contributed by atoms with E-state index in [-0.39, 0.29) is 6.61 Å². The van der Waals surface area contributed by atoms with Crippen molar-refractivity contribution in [2.75, 3.05) is 6.61 Å². The summed E-state index contributed by atoms with van der Waals surface area (Å²) in [6, 6.07) is 0. The van der Waals surface area contributed by atoms with Gasteiger partial charge in [0.05, 0.1) is 6.61 Å². The molecule has 2 rings (SSSR count). The smallest absolute Gasteiger partial charge is 0.364 e. The summed E-state index contributed by atoms with van der Waals surface area (Å²) >= 11 is 0. The summed E-state index contributed by atoms with van der Waals surface area (Å²) < 4.78 is 15.0. The maximum atomic E-state index is 10.9. The van der Waals surface area contributed by atoms with Gasteiger partial charge < -0.3 is 34.6 Å². The van der Waals surface area contributed by atoms with Crippen LogP contribution in [0.25, 0.3) is 0 Å². The summed E-state index contributed by atoms with van der Waals surface area (Å²) in [5, 5.41) is 37.3. The molecule has 2 saturated heterocycles. The van der Waals surface area contributed by atoms with Crippen molar-refractivity contribution in [2.45, 2.75) is 43.4 Å². The first-order chi connectivity index (χ1) is 7.85. The molecule has 8 nitrogen and oxygen atoms in total. The number of rotatable bonds is 1. The van der Waals surface area contributed by atoms with Gasteiger partial charge in [-0.25, -0.2) is 4.79 Å². The molecule has 0 radical (unpaired) electrons. The SMILES string of the molecule is CC1(C(=O)O)OCC2OC(O)C(O)C(O)C2O1. The van der Waals surface area contributed by atoms with Crippen molar-refractivity contribution in [3.8, 4) is 0 Å². The van der Waals surface area contributed by atoms with E-state index in [0.29, 0.717) is 0 Å². The molecule has 8 heteroatoms. The average Bonchev–Trinajstić information content (AvgIpc) is 2.27. The second-order valence-corrected chi connectivity index (χ2v) is 4.19. The van der Waals surface area contributed by atoms with Crippen molar-refractivity contribution in [3.05, 3.63) is 0 Å². The predicted octanol–water partition coefficient (Wildman–Crippen LogP) is -2.36. The molecule has 2 fully saturated rings. The summed E-state index contributed by atoms with van der Waals surface area (Å²) in [4.78, 5) is 10.9. The van der Waals surface area contributed by atoms with Crippen LogP contribution in [0.5, 0.6) is 0 Å². The Morgan fingerprint density at radius 1 is 1.29 bits per heavy atom. The van der Waals surface area contributed by atoms with Crippen LogP contribution in [-0.2, 0) is 19.0 Å². The van der Waals surface area contributed by atoms with Crippen molar-refractivity contribution in [3.63, 3.8) is 0 Å². The van der Waals surface area contributed by atoms with Gasteiger partial charge in [-0.3, -0.25) is 0 Å². The van der Waals surface area contributed by atoms with E-state index in [2.05, 4.69) is 0 Å². The Hall–Kier alpha value is -0.770. The van der Waals surface area contributed by atoms with Crippen LogP contribution in [0, 0.1) is 0 Å². The molecule has 6 atom stereocenters. The number of hydrogen-bond donors (Lipinski definition) is 4. The normalized spacial score (nSPS) is 50.7. The third-order valence-electron chi connectivity index (χ3n) is 2.93. The molecule has 0 bridgehead atoms. The molecule has 0 aliphatic carbocycles. The number of aliphatic hydroxyl groups excluding tert-OH is 3. The zero-order chi connectivity index (χ0) is 12.8. The van der Waals surface area contributed by atoms with E-state index >= 15 is 0 Å². The van der Waals surface area contributed by atoms with Gasteiger partial charge in [-0.2, -0.15) is 0 Å². The molecular weight excluding hydrogens is 236 g/mol. The number of hydrogen-bond acceptors (Lipinski definition) is 7. The molecular formula is C9H14O8. The minimum absolute atomic E-state index is 0.158. The van der Waals surface area contributed by atoms with E-state index < -0.39 is 42.5 Å². The summed E-state index contributed by atoms with van der Waals surface area (Å²) in [5.74, 6) is -3.24. The number of carboxylic acids is 1. The Labute approximate surface area is 96.3 Å². The molecule has 0 aromatic carbocycles. The van der Waals surface area contributed by atoms with Crippen LogP contribution in [0.1, 0.15) is 6.92 Å². The first-order valence-corrected chi connectivity index (χ1v) is 5.10. The zero-order valence-electron chi connectivity index (χ0n) is 9.02. The second kappa shape index (κ2) is 4.16. The van der Waals surface area contributed by atoms with E-state index in [1.54, 1.807) is 0 Å². The topological polar surface area (TPSA) is 126 Å². The summed E-state index contributed by atoms with van der Waals surface area (Å²) in [6.45, 7) is 1.03. The van der Waals surface area contributed by atoms with Crippen LogP contribution in [0.15, 0.2) is 0 Å². The fourth-order valence-corrected chi connectivity index (χ4v) is 1.85. The van der Waals surface area contributed by atoms with Crippen LogP contribution in [-0.4, -0.2) is 69.5 Å². The maximum absolute atomic E-state index is 10.9. The van der Waals surface area contributed by atoms with Crippen LogP contribution in [0.3, 0.4) is 0 Å². The minimum Gasteiger partial charge on any atom is -0.477 e. The lowest BCUT2D eigenvalue weighted by atomic mass is 9.97. The number of ether oxygens (including phenoxy) is 3. The lowest BCUT2D eigenvalue weighted by molar-refractivity contribution is -0.373. The van der Waals surface area contributed by atoms with Crippen molar-refractivity contribution in [1.82, 2.24) is 0 Å². The Morgan fingerprint density at radius 3 is 2.53 bits per heavy atom. The molecule has 98 valence electrons. The summed E-state index contributed by atoms with van der Waals surface area (Å²) in [5.41, 5.74) is 0. The van der Waals surface area contributed by atoms with Crippen molar-refractivity contribution in [2.24, 2.45) is 0 Å². The Bertz CT molecular complexity index is 318. The van der Waals surface area contributed by atoms with Gasteiger partial charge in [0.2, 0.25) is 0 Å². The molecule has 0 amide bonds. The Morgan fingerprint density at radius 2 is 1.94 bits per heavy atom. The Balaban J connectivity index is 2.16. The summed E-state index contributed by atoms with van der Waals surface area (Å²) in [6.07, 6.45) is -6.43. The van der Waals surface area contributed by atoms with Crippen LogP contribution in [0.4, 0.5) is 0 Å². The highest BCUT2D eigenvalue weighted by Crippen LogP contribution is 2.32. The largest absolute Gasteiger partial charge is 0.477 e.